The van der Waals surface area contributed by atoms with Crippen LogP contribution >= 0.6 is 15.9 Å². The monoisotopic (exact) mass is 486 g/mol. The van der Waals surface area contributed by atoms with Crippen LogP contribution < -0.4 is 5.32 Å². The summed E-state index contributed by atoms with van der Waals surface area (Å²) in [6.45, 7) is 5.66. The van der Waals surface area contributed by atoms with Crippen LogP contribution in [0.5, 0.6) is 0 Å². The Labute approximate surface area is 188 Å². The van der Waals surface area contributed by atoms with Gasteiger partial charge in [0.1, 0.15) is 17.9 Å². The molecule has 3 rings (SSSR count). The number of esters is 1. The van der Waals surface area contributed by atoms with Crippen molar-refractivity contribution < 1.29 is 19.1 Å². The van der Waals surface area contributed by atoms with Gasteiger partial charge >= 0.3 is 12.1 Å². The molecule has 0 unspecified atom stereocenters. The SMILES string of the molecule is CC(C)(C)OC(=O)NCc1cn(-c2ccc(Br)cc2C(=O)OCc2ccccc2)nn1. The Balaban J connectivity index is 1.71. The Morgan fingerprint density at radius 2 is 1.87 bits per heavy atom. The summed E-state index contributed by atoms with van der Waals surface area (Å²) in [7, 11) is 0. The molecule has 0 aliphatic heterocycles. The largest absolute Gasteiger partial charge is 0.457 e. The van der Waals surface area contributed by atoms with Crippen LogP contribution in [0.15, 0.2) is 59.2 Å². The molecule has 0 atom stereocenters. The Morgan fingerprint density at radius 3 is 2.58 bits per heavy atom. The van der Waals surface area contributed by atoms with E-state index in [1.54, 1.807) is 45.2 Å². The van der Waals surface area contributed by atoms with Crippen LogP contribution in [0.4, 0.5) is 4.79 Å². The third-order valence-electron chi connectivity index (χ3n) is 3.99. The van der Waals surface area contributed by atoms with Gasteiger partial charge in [0.05, 0.1) is 24.0 Å². The number of amides is 1. The summed E-state index contributed by atoms with van der Waals surface area (Å²) in [5.41, 5.74) is 1.66. The normalized spacial score (nSPS) is 11.1. The van der Waals surface area contributed by atoms with Crippen molar-refractivity contribution in [2.75, 3.05) is 0 Å². The summed E-state index contributed by atoms with van der Waals surface area (Å²) < 4.78 is 12.9. The van der Waals surface area contributed by atoms with Crippen molar-refractivity contribution in [3.63, 3.8) is 0 Å². The molecule has 1 heterocycles. The van der Waals surface area contributed by atoms with E-state index in [9.17, 15) is 9.59 Å². The molecule has 8 nitrogen and oxygen atoms in total. The second-order valence-corrected chi connectivity index (χ2v) is 8.65. The molecule has 0 fully saturated rings. The molecule has 0 aliphatic rings. The van der Waals surface area contributed by atoms with Crippen LogP contribution in [0.2, 0.25) is 0 Å². The van der Waals surface area contributed by atoms with E-state index in [4.69, 9.17) is 9.47 Å². The number of benzene rings is 2. The van der Waals surface area contributed by atoms with Gasteiger partial charge in [0.25, 0.3) is 0 Å². The molecule has 9 heteroatoms. The fraction of sp³-hybridized carbons (Fsp3) is 0.273. The Hall–Kier alpha value is -3.20. The fourth-order valence-corrected chi connectivity index (χ4v) is 3.01. The number of hydrogen-bond acceptors (Lipinski definition) is 6. The zero-order valence-electron chi connectivity index (χ0n) is 17.5. The van der Waals surface area contributed by atoms with Crippen LogP contribution in [0.25, 0.3) is 5.69 Å². The predicted octanol–water partition coefficient (Wildman–Crippen LogP) is 4.41. The minimum atomic E-state index is -0.589. The lowest BCUT2D eigenvalue weighted by Gasteiger charge is -2.19. The highest BCUT2D eigenvalue weighted by Gasteiger charge is 2.18. The van der Waals surface area contributed by atoms with Crippen LogP contribution in [-0.4, -0.2) is 32.7 Å². The summed E-state index contributed by atoms with van der Waals surface area (Å²) in [5, 5.41) is 10.8. The highest BCUT2D eigenvalue weighted by molar-refractivity contribution is 9.10. The van der Waals surface area contributed by atoms with E-state index in [0.717, 1.165) is 10.0 Å². The number of ether oxygens (including phenoxy) is 2. The van der Waals surface area contributed by atoms with Crippen molar-refractivity contribution in [2.45, 2.75) is 39.5 Å². The number of nitrogens with one attached hydrogen (secondary N) is 1. The van der Waals surface area contributed by atoms with Gasteiger partial charge in [-0.3, -0.25) is 0 Å². The molecule has 0 saturated carbocycles. The molecule has 0 saturated heterocycles. The molecular formula is C22H23BrN4O4. The average Bonchev–Trinajstić information content (AvgIpc) is 3.19. The maximum atomic E-state index is 12.7. The van der Waals surface area contributed by atoms with Gasteiger partial charge in [-0.05, 0) is 44.5 Å². The number of alkyl carbamates (subject to hydrolysis) is 1. The first-order valence-electron chi connectivity index (χ1n) is 9.60. The number of hydrogen-bond donors (Lipinski definition) is 1. The molecule has 0 bridgehead atoms. The van der Waals surface area contributed by atoms with Crippen molar-refractivity contribution in [3.05, 3.63) is 76.0 Å². The Bertz CT molecular complexity index is 1060. The Kier molecular flexibility index (Phi) is 7.06. The van der Waals surface area contributed by atoms with E-state index in [1.165, 1.54) is 4.68 Å². The highest BCUT2D eigenvalue weighted by atomic mass is 79.9. The molecular weight excluding hydrogens is 464 g/mol. The summed E-state index contributed by atoms with van der Waals surface area (Å²) >= 11 is 3.39. The van der Waals surface area contributed by atoms with Gasteiger partial charge in [0.15, 0.2) is 0 Å². The first-order chi connectivity index (χ1) is 14.7. The van der Waals surface area contributed by atoms with Crippen LogP contribution in [0.3, 0.4) is 0 Å². The van der Waals surface area contributed by atoms with E-state index in [1.807, 2.05) is 30.3 Å². The van der Waals surface area contributed by atoms with Crippen molar-refractivity contribution in [3.8, 4) is 5.69 Å². The summed E-state index contributed by atoms with van der Waals surface area (Å²) in [4.78, 5) is 24.6. The van der Waals surface area contributed by atoms with Gasteiger partial charge in [0, 0.05) is 4.47 Å². The lowest BCUT2D eigenvalue weighted by Crippen LogP contribution is -2.32. The third kappa shape index (κ3) is 6.65. The second kappa shape index (κ2) is 9.74. The lowest BCUT2D eigenvalue weighted by molar-refractivity contribution is 0.0470. The zero-order chi connectivity index (χ0) is 22.4. The molecule has 1 aromatic heterocycles. The highest BCUT2D eigenvalue weighted by Crippen LogP contribution is 2.21. The first kappa shape index (κ1) is 22.5. The molecule has 31 heavy (non-hydrogen) atoms. The standard InChI is InChI=1S/C22H23BrN4O4/c1-22(2,3)31-21(29)24-12-17-13-27(26-25-17)19-10-9-16(23)11-18(19)20(28)30-14-15-7-5-4-6-8-15/h4-11,13H,12,14H2,1-3H3,(H,24,29). The van der Waals surface area contributed by atoms with Crippen LogP contribution in [0, 0.1) is 0 Å². The number of carbonyl (C=O) groups excluding carboxylic acids is 2. The van der Waals surface area contributed by atoms with E-state index in [-0.39, 0.29) is 13.2 Å². The molecule has 2 aromatic carbocycles. The fourth-order valence-electron chi connectivity index (χ4n) is 2.65. The van der Waals surface area contributed by atoms with Gasteiger partial charge in [0.2, 0.25) is 0 Å². The topological polar surface area (TPSA) is 95.3 Å². The van der Waals surface area contributed by atoms with Gasteiger partial charge in [-0.15, -0.1) is 5.10 Å². The number of carbonyl (C=O) groups is 2. The smallest absolute Gasteiger partial charge is 0.407 e. The summed E-state index contributed by atoms with van der Waals surface area (Å²) in [5.74, 6) is -0.482. The van der Waals surface area contributed by atoms with E-state index >= 15 is 0 Å². The van der Waals surface area contributed by atoms with Crippen molar-refractivity contribution >= 4 is 28.0 Å². The molecule has 0 radical (unpaired) electrons. The van der Waals surface area contributed by atoms with Gasteiger partial charge in [-0.1, -0.05) is 51.5 Å². The lowest BCUT2D eigenvalue weighted by atomic mass is 10.2. The first-order valence-corrected chi connectivity index (χ1v) is 10.4. The quantitative estimate of drug-likeness (QED) is 0.518. The molecule has 0 spiro atoms. The van der Waals surface area contributed by atoms with E-state index < -0.39 is 17.7 Å². The second-order valence-electron chi connectivity index (χ2n) is 7.73. The van der Waals surface area contributed by atoms with Crippen molar-refractivity contribution in [2.24, 2.45) is 0 Å². The number of aromatic nitrogens is 3. The third-order valence-corrected chi connectivity index (χ3v) is 4.48. The van der Waals surface area contributed by atoms with Gasteiger partial charge in [-0.25, -0.2) is 14.3 Å². The molecule has 1 N–H and O–H groups in total. The average molecular weight is 487 g/mol. The van der Waals surface area contributed by atoms with E-state index in [0.29, 0.717) is 16.9 Å². The number of nitrogens with zero attached hydrogens (tertiary/aromatic N) is 3. The zero-order valence-corrected chi connectivity index (χ0v) is 19.0. The molecule has 162 valence electrons. The van der Waals surface area contributed by atoms with Crippen molar-refractivity contribution in [1.29, 1.82) is 0 Å². The van der Waals surface area contributed by atoms with E-state index in [2.05, 4.69) is 31.6 Å². The number of rotatable bonds is 6. The predicted molar refractivity (Wildman–Crippen MR) is 118 cm³/mol. The minimum absolute atomic E-state index is 0.138. The van der Waals surface area contributed by atoms with Crippen LogP contribution in [0.1, 0.15) is 42.4 Å². The van der Waals surface area contributed by atoms with Gasteiger partial charge in [-0.2, -0.15) is 0 Å². The maximum absolute atomic E-state index is 12.7. The summed E-state index contributed by atoms with van der Waals surface area (Å²) in [6.07, 6.45) is 1.09. The molecule has 3 aromatic rings. The number of halogens is 1. The summed E-state index contributed by atoms with van der Waals surface area (Å²) in [6, 6.07) is 14.6. The minimum Gasteiger partial charge on any atom is -0.457 e. The maximum Gasteiger partial charge on any atom is 0.407 e. The Morgan fingerprint density at radius 1 is 1.13 bits per heavy atom. The van der Waals surface area contributed by atoms with Crippen molar-refractivity contribution in [1.82, 2.24) is 20.3 Å². The van der Waals surface area contributed by atoms with Crippen LogP contribution in [-0.2, 0) is 22.6 Å². The van der Waals surface area contributed by atoms with Gasteiger partial charge < -0.3 is 14.8 Å². The molecule has 0 aliphatic carbocycles. The molecule has 1 amide bonds.